The van der Waals surface area contributed by atoms with Crippen LogP contribution in [0.15, 0.2) is 0 Å². The van der Waals surface area contributed by atoms with Gasteiger partial charge in [-0.3, -0.25) is 9.69 Å². The van der Waals surface area contributed by atoms with Gasteiger partial charge in [-0.2, -0.15) is 0 Å². The van der Waals surface area contributed by atoms with E-state index in [-0.39, 0.29) is 11.9 Å². The zero-order chi connectivity index (χ0) is 13.0. The lowest BCUT2D eigenvalue weighted by molar-refractivity contribution is -0.147. The summed E-state index contributed by atoms with van der Waals surface area (Å²) in [7, 11) is 1.51. The van der Waals surface area contributed by atoms with Gasteiger partial charge in [0.15, 0.2) is 0 Å². The summed E-state index contributed by atoms with van der Waals surface area (Å²) in [5.41, 5.74) is 0. The van der Waals surface area contributed by atoms with Crippen LogP contribution in [0.25, 0.3) is 0 Å². The fraction of sp³-hybridized carbons (Fsp3) is 0.933. The molecule has 1 saturated carbocycles. The highest BCUT2D eigenvalue weighted by Gasteiger charge is 2.32. The van der Waals surface area contributed by atoms with Gasteiger partial charge in [-0.05, 0) is 38.1 Å². The van der Waals surface area contributed by atoms with Crippen molar-refractivity contribution in [1.29, 1.82) is 0 Å². The number of ether oxygens (including phenoxy) is 1. The monoisotopic (exact) mass is 253 g/mol. The van der Waals surface area contributed by atoms with Crippen molar-refractivity contribution in [3.8, 4) is 0 Å². The fourth-order valence-electron chi connectivity index (χ4n) is 3.66. The minimum absolute atomic E-state index is 0.0115. The van der Waals surface area contributed by atoms with E-state index in [9.17, 15) is 4.79 Å². The second kappa shape index (κ2) is 6.55. The zero-order valence-corrected chi connectivity index (χ0v) is 11.9. The van der Waals surface area contributed by atoms with Crippen molar-refractivity contribution in [3.63, 3.8) is 0 Å². The Morgan fingerprint density at radius 1 is 1.28 bits per heavy atom. The van der Waals surface area contributed by atoms with Crippen LogP contribution in [-0.2, 0) is 9.53 Å². The number of methoxy groups -OCH3 is 1. The molecule has 2 aliphatic rings. The third-order valence-electron chi connectivity index (χ3n) is 4.84. The molecule has 3 heteroatoms. The fourth-order valence-corrected chi connectivity index (χ4v) is 3.66. The van der Waals surface area contributed by atoms with Gasteiger partial charge in [0.2, 0.25) is 0 Å². The molecular formula is C15H27NO2. The van der Waals surface area contributed by atoms with Gasteiger partial charge in [-0.25, -0.2) is 0 Å². The summed E-state index contributed by atoms with van der Waals surface area (Å²) in [6, 6.07) is 0.719. The Morgan fingerprint density at radius 3 is 2.83 bits per heavy atom. The van der Waals surface area contributed by atoms with Crippen molar-refractivity contribution < 1.29 is 9.53 Å². The van der Waals surface area contributed by atoms with E-state index in [1.54, 1.807) is 0 Å². The number of hydrogen-bond acceptors (Lipinski definition) is 3. The van der Waals surface area contributed by atoms with Gasteiger partial charge in [0.25, 0.3) is 0 Å². The van der Waals surface area contributed by atoms with Crippen LogP contribution in [0, 0.1) is 11.8 Å². The number of piperidine rings is 1. The number of carbonyl (C=O) groups is 1. The van der Waals surface area contributed by atoms with Gasteiger partial charge in [0.1, 0.15) is 0 Å². The Labute approximate surface area is 111 Å². The molecule has 3 unspecified atom stereocenters. The molecule has 3 atom stereocenters. The molecular weight excluding hydrogens is 226 g/mol. The van der Waals surface area contributed by atoms with E-state index >= 15 is 0 Å². The van der Waals surface area contributed by atoms with Crippen LogP contribution < -0.4 is 0 Å². The van der Waals surface area contributed by atoms with E-state index in [0.717, 1.165) is 31.3 Å². The maximum atomic E-state index is 11.7. The van der Waals surface area contributed by atoms with E-state index in [1.807, 2.05) is 0 Å². The van der Waals surface area contributed by atoms with Crippen LogP contribution in [0.1, 0.15) is 51.9 Å². The third kappa shape index (κ3) is 3.25. The Morgan fingerprint density at radius 2 is 2.11 bits per heavy atom. The summed E-state index contributed by atoms with van der Waals surface area (Å²) in [4.78, 5) is 14.2. The number of hydrogen-bond donors (Lipinski definition) is 0. The van der Waals surface area contributed by atoms with E-state index in [2.05, 4.69) is 11.8 Å². The molecule has 2 fully saturated rings. The molecule has 1 heterocycles. The van der Waals surface area contributed by atoms with Gasteiger partial charge in [0.05, 0.1) is 13.0 Å². The summed E-state index contributed by atoms with van der Waals surface area (Å²) in [6.07, 6.45) is 8.89. The summed E-state index contributed by atoms with van der Waals surface area (Å²) >= 11 is 0. The first-order valence-electron chi connectivity index (χ1n) is 7.56. The van der Waals surface area contributed by atoms with Crippen LogP contribution >= 0.6 is 0 Å². The Hall–Kier alpha value is -0.570. The maximum Gasteiger partial charge on any atom is 0.309 e. The molecule has 0 radical (unpaired) electrons. The second-order valence-electron chi connectivity index (χ2n) is 5.95. The van der Waals surface area contributed by atoms with Crippen molar-refractivity contribution in [3.05, 3.63) is 0 Å². The van der Waals surface area contributed by atoms with Gasteiger partial charge in [-0.15, -0.1) is 0 Å². The first-order valence-corrected chi connectivity index (χ1v) is 7.56. The van der Waals surface area contributed by atoms with Crippen LogP contribution in [0.4, 0.5) is 0 Å². The van der Waals surface area contributed by atoms with E-state index < -0.39 is 0 Å². The quantitative estimate of drug-likeness (QED) is 0.724. The van der Waals surface area contributed by atoms with Crippen molar-refractivity contribution in [2.75, 3.05) is 20.2 Å². The van der Waals surface area contributed by atoms with Gasteiger partial charge in [0, 0.05) is 12.6 Å². The van der Waals surface area contributed by atoms with Crippen molar-refractivity contribution in [2.24, 2.45) is 11.8 Å². The van der Waals surface area contributed by atoms with Gasteiger partial charge < -0.3 is 4.74 Å². The lowest BCUT2D eigenvalue weighted by atomic mass is 9.82. The molecule has 0 aromatic carbocycles. The van der Waals surface area contributed by atoms with Crippen LogP contribution in [0.3, 0.4) is 0 Å². The summed E-state index contributed by atoms with van der Waals surface area (Å²) in [6.45, 7) is 4.41. The first-order chi connectivity index (χ1) is 8.74. The predicted octanol–water partition coefficient (Wildman–Crippen LogP) is 2.84. The molecule has 18 heavy (non-hydrogen) atoms. The molecule has 0 spiro atoms. The van der Waals surface area contributed by atoms with E-state index in [1.165, 1.54) is 45.8 Å². The lowest BCUT2D eigenvalue weighted by Gasteiger charge is -2.41. The average Bonchev–Trinajstić information content (AvgIpc) is 2.46. The predicted molar refractivity (Wildman–Crippen MR) is 72.4 cm³/mol. The highest BCUT2D eigenvalue weighted by molar-refractivity contribution is 5.72. The number of likely N-dealkylation sites (tertiary alicyclic amines) is 1. The Bertz CT molecular complexity index is 280. The normalized spacial score (nSPS) is 34.2. The largest absolute Gasteiger partial charge is 0.469 e. The zero-order valence-electron chi connectivity index (χ0n) is 11.9. The third-order valence-corrected chi connectivity index (χ3v) is 4.84. The van der Waals surface area contributed by atoms with Gasteiger partial charge >= 0.3 is 5.97 Å². The SMILES string of the molecule is CCC1CCCC(N2CCCC(C(=O)OC)C2)C1. The van der Waals surface area contributed by atoms with Crippen molar-refractivity contribution in [2.45, 2.75) is 57.9 Å². The molecule has 3 nitrogen and oxygen atoms in total. The number of esters is 1. The summed E-state index contributed by atoms with van der Waals surface area (Å²) in [5.74, 6) is 1.01. The van der Waals surface area contributed by atoms with Crippen LogP contribution in [0.2, 0.25) is 0 Å². The van der Waals surface area contributed by atoms with Crippen molar-refractivity contribution in [1.82, 2.24) is 4.90 Å². The van der Waals surface area contributed by atoms with E-state index in [0.29, 0.717) is 0 Å². The van der Waals surface area contributed by atoms with Crippen LogP contribution in [0.5, 0.6) is 0 Å². The molecule has 2 rings (SSSR count). The van der Waals surface area contributed by atoms with Crippen molar-refractivity contribution >= 4 is 5.97 Å². The highest BCUT2D eigenvalue weighted by atomic mass is 16.5. The van der Waals surface area contributed by atoms with E-state index in [4.69, 9.17) is 4.74 Å². The number of nitrogens with zero attached hydrogens (tertiary/aromatic N) is 1. The Kier molecular flexibility index (Phi) is 5.04. The highest BCUT2D eigenvalue weighted by Crippen LogP contribution is 2.32. The molecule has 0 N–H and O–H groups in total. The molecule has 0 bridgehead atoms. The van der Waals surface area contributed by atoms with Crippen LogP contribution in [-0.4, -0.2) is 37.1 Å². The molecule has 0 amide bonds. The minimum Gasteiger partial charge on any atom is -0.469 e. The summed E-state index contributed by atoms with van der Waals surface area (Å²) < 4.78 is 4.90. The molecule has 1 aliphatic heterocycles. The van der Waals surface area contributed by atoms with Gasteiger partial charge in [-0.1, -0.05) is 26.2 Å². The molecule has 0 aromatic heterocycles. The second-order valence-corrected chi connectivity index (χ2v) is 5.95. The smallest absolute Gasteiger partial charge is 0.309 e. The Balaban J connectivity index is 1.89. The maximum absolute atomic E-state index is 11.7. The summed E-state index contributed by atoms with van der Waals surface area (Å²) in [5, 5.41) is 0. The lowest BCUT2D eigenvalue weighted by Crippen LogP contribution is -2.46. The number of rotatable bonds is 3. The average molecular weight is 253 g/mol. The topological polar surface area (TPSA) is 29.5 Å². The number of carbonyl (C=O) groups excluding carboxylic acids is 1. The molecule has 0 aromatic rings. The molecule has 1 saturated heterocycles. The first kappa shape index (κ1) is 13.9. The minimum atomic E-state index is -0.0115. The molecule has 1 aliphatic carbocycles. The molecule has 104 valence electrons. The standard InChI is InChI=1S/C15H27NO2/c1-3-12-6-4-8-14(10-12)16-9-5-7-13(11-16)15(17)18-2/h12-14H,3-11H2,1-2H3.